The molecular weight excluding hydrogens is 142 g/mol. The second-order valence-electron chi connectivity index (χ2n) is 3.23. The van der Waals surface area contributed by atoms with E-state index in [1.54, 1.807) is 0 Å². The minimum Gasteiger partial charge on any atom is -0.410 e. The van der Waals surface area contributed by atoms with Crippen molar-refractivity contribution in [1.29, 1.82) is 0 Å². The summed E-state index contributed by atoms with van der Waals surface area (Å²) in [4.78, 5) is 5.03. The Balaban J connectivity index is 1.91. The van der Waals surface area contributed by atoms with Gasteiger partial charge in [0.15, 0.2) is 0 Å². The smallest absolute Gasteiger partial charge is 0.147 e. The minimum atomic E-state index is 0.0101. The lowest BCUT2D eigenvalue weighted by molar-refractivity contribution is 0.0664. The highest BCUT2D eigenvalue weighted by Gasteiger charge is 2.29. The predicted molar refractivity (Wildman–Crippen MR) is 40.5 cm³/mol. The maximum absolute atomic E-state index is 8.72. The molecule has 2 aliphatic rings. The topological polar surface area (TPSA) is 41.5 Å². The van der Waals surface area contributed by atoms with Gasteiger partial charge in [0, 0.05) is 0 Å². The van der Waals surface area contributed by atoms with Crippen LogP contribution in [0.25, 0.3) is 0 Å². The lowest BCUT2D eigenvalue weighted by Gasteiger charge is -2.28. The molecule has 0 amide bonds. The van der Waals surface area contributed by atoms with Crippen molar-refractivity contribution in [1.82, 2.24) is 5.48 Å². The third-order valence-corrected chi connectivity index (χ3v) is 2.51. The van der Waals surface area contributed by atoms with Gasteiger partial charge >= 0.3 is 0 Å². The molecule has 0 bridgehead atoms. The molecule has 3 heteroatoms. The molecule has 11 heavy (non-hydrogen) atoms. The van der Waals surface area contributed by atoms with Crippen LogP contribution in [0.5, 0.6) is 0 Å². The quantitative estimate of drug-likeness (QED) is 0.612. The maximum atomic E-state index is 8.72. The molecule has 1 aliphatic carbocycles. The lowest BCUT2D eigenvalue weighted by atomic mass is 9.80. The number of hydrogen-bond donors (Lipinski definition) is 2. The van der Waals surface area contributed by atoms with E-state index in [0.29, 0.717) is 11.8 Å². The summed E-state index contributed by atoms with van der Waals surface area (Å²) >= 11 is 0. The van der Waals surface area contributed by atoms with Crippen LogP contribution < -0.4 is 5.48 Å². The van der Waals surface area contributed by atoms with Crippen LogP contribution in [0.1, 0.15) is 19.3 Å². The van der Waals surface area contributed by atoms with Crippen LogP contribution >= 0.6 is 0 Å². The molecule has 1 unspecified atom stereocenters. The van der Waals surface area contributed by atoms with Gasteiger partial charge in [-0.05, 0) is 24.8 Å². The SMILES string of the molecule is OCC1=CC(C2CCC2)NO1. The second kappa shape index (κ2) is 2.83. The van der Waals surface area contributed by atoms with Gasteiger partial charge in [0.1, 0.15) is 12.4 Å². The Bertz CT molecular complexity index is 175. The van der Waals surface area contributed by atoms with Gasteiger partial charge in [-0.1, -0.05) is 6.42 Å². The fourth-order valence-corrected chi connectivity index (χ4v) is 1.53. The molecule has 1 heterocycles. The Morgan fingerprint density at radius 2 is 2.45 bits per heavy atom. The van der Waals surface area contributed by atoms with Crippen molar-refractivity contribution >= 4 is 0 Å². The Kier molecular flexibility index (Phi) is 1.84. The van der Waals surface area contributed by atoms with Gasteiger partial charge in [-0.15, -0.1) is 5.48 Å². The number of aliphatic hydroxyl groups is 1. The summed E-state index contributed by atoms with van der Waals surface area (Å²) in [6.45, 7) is 0.0101. The molecule has 0 radical (unpaired) electrons. The first-order valence-corrected chi connectivity index (χ1v) is 4.14. The molecule has 1 fully saturated rings. The average molecular weight is 155 g/mol. The highest BCUT2D eigenvalue weighted by atomic mass is 16.7. The largest absolute Gasteiger partial charge is 0.410 e. The molecule has 0 spiro atoms. The van der Waals surface area contributed by atoms with Crippen molar-refractivity contribution in [2.75, 3.05) is 6.61 Å². The Morgan fingerprint density at radius 1 is 1.64 bits per heavy atom. The molecule has 2 rings (SSSR count). The van der Waals surface area contributed by atoms with E-state index in [2.05, 4.69) is 5.48 Å². The standard InChI is InChI=1S/C8H13NO2/c10-5-7-4-8(9-11-7)6-2-1-3-6/h4,6,8-10H,1-3,5H2. The third-order valence-electron chi connectivity index (χ3n) is 2.51. The molecule has 0 saturated heterocycles. The fourth-order valence-electron chi connectivity index (χ4n) is 1.53. The Hall–Kier alpha value is -0.540. The summed E-state index contributed by atoms with van der Waals surface area (Å²) in [7, 11) is 0. The number of hydroxylamine groups is 1. The summed E-state index contributed by atoms with van der Waals surface area (Å²) in [6.07, 6.45) is 5.90. The minimum absolute atomic E-state index is 0.0101. The van der Waals surface area contributed by atoms with E-state index >= 15 is 0 Å². The maximum Gasteiger partial charge on any atom is 0.147 e. The average Bonchev–Trinajstić information content (AvgIpc) is 2.32. The van der Waals surface area contributed by atoms with Gasteiger partial charge in [-0.2, -0.15) is 0 Å². The van der Waals surface area contributed by atoms with Crippen molar-refractivity contribution in [2.24, 2.45) is 5.92 Å². The van der Waals surface area contributed by atoms with Crippen molar-refractivity contribution in [2.45, 2.75) is 25.3 Å². The van der Waals surface area contributed by atoms with E-state index in [4.69, 9.17) is 9.94 Å². The molecule has 3 nitrogen and oxygen atoms in total. The van der Waals surface area contributed by atoms with E-state index in [1.807, 2.05) is 6.08 Å². The van der Waals surface area contributed by atoms with Crippen molar-refractivity contribution in [3.63, 3.8) is 0 Å². The van der Waals surface area contributed by atoms with Crippen molar-refractivity contribution in [3.05, 3.63) is 11.8 Å². The first-order valence-electron chi connectivity index (χ1n) is 4.14. The highest BCUT2D eigenvalue weighted by Crippen LogP contribution is 2.32. The number of rotatable bonds is 2. The lowest BCUT2D eigenvalue weighted by Crippen LogP contribution is -2.33. The van der Waals surface area contributed by atoms with Crippen LogP contribution in [0.2, 0.25) is 0 Å². The predicted octanol–water partition coefficient (Wildman–Crippen LogP) is 0.566. The van der Waals surface area contributed by atoms with Crippen LogP contribution in [0.15, 0.2) is 11.8 Å². The number of nitrogens with one attached hydrogen (secondary N) is 1. The Labute approximate surface area is 66.0 Å². The van der Waals surface area contributed by atoms with Gasteiger partial charge in [0.25, 0.3) is 0 Å². The zero-order valence-corrected chi connectivity index (χ0v) is 6.42. The molecule has 0 aromatic rings. The molecule has 2 N–H and O–H groups in total. The summed E-state index contributed by atoms with van der Waals surface area (Å²) < 4.78 is 0. The number of hydrogen-bond acceptors (Lipinski definition) is 3. The van der Waals surface area contributed by atoms with Gasteiger partial charge in [0.05, 0.1) is 6.04 Å². The highest BCUT2D eigenvalue weighted by molar-refractivity contribution is 5.07. The fraction of sp³-hybridized carbons (Fsp3) is 0.750. The molecule has 0 aromatic heterocycles. The summed E-state index contributed by atoms with van der Waals surface area (Å²) in [5.74, 6) is 1.40. The first-order chi connectivity index (χ1) is 5.40. The Morgan fingerprint density at radius 3 is 2.91 bits per heavy atom. The first kappa shape index (κ1) is 7.13. The third kappa shape index (κ3) is 1.26. The van der Waals surface area contributed by atoms with E-state index in [0.717, 1.165) is 5.92 Å². The normalized spacial score (nSPS) is 31.0. The van der Waals surface area contributed by atoms with Crippen LogP contribution in [0.3, 0.4) is 0 Å². The van der Waals surface area contributed by atoms with Crippen molar-refractivity contribution < 1.29 is 9.94 Å². The molecule has 62 valence electrons. The van der Waals surface area contributed by atoms with E-state index in [9.17, 15) is 0 Å². The zero-order valence-electron chi connectivity index (χ0n) is 6.42. The summed E-state index contributed by atoms with van der Waals surface area (Å²) in [6, 6.07) is 0.353. The van der Waals surface area contributed by atoms with Crippen LogP contribution in [0, 0.1) is 5.92 Å². The van der Waals surface area contributed by atoms with E-state index in [-0.39, 0.29) is 6.61 Å². The van der Waals surface area contributed by atoms with E-state index < -0.39 is 0 Å². The molecular formula is C8H13NO2. The zero-order chi connectivity index (χ0) is 7.68. The molecule has 0 aromatic carbocycles. The monoisotopic (exact) mass is 155 g/mol. The second-order valence-corrected chi connectivity index (χ2v) is 3.23. The molecule has 1 aliphatic heterocycles. The van der Waals surface area contributed by atoms with Gasteiger partial charge in [-0.25, -0.2) is 0 Å². The van der Waals surface area contributed by atoms with Crippen LogP contribution in [-0.4, -0.2) is 17.8 Å². The molecule has 1 atom stereocenters. The van der Waals surface area contributed by atoms with Crippen LogP contribution in [0.4, 0.5) is 0 Å². The van der Waals surface area contributed by atoms with Gasteiger partial charge < -0.3 is 9.94 Å². The van der Waals surface area contributed by atoms with E-state index in [1.165, 1.54) is 19.3 Å². The number of aliphatic hydroxyl groups excluding tert-OH is 1. The summed E-state index contributed by atoms with van der Waals surface area (Å²) in [5, 5.41) is 8.72. The van der Waals surface area contributed by atoms with Crippen molar-refractivity contribution in [3.8, 4) is 0 Å². The van der Waals surface area contributed by atoms with Gasteiger partial charge in [-0.3, -0.25) is 0 Å². The summed E-state index contributed by atoms with van der Waals surface area (Å²) in [5.41, 5.74) is 2.91. The molecule has 1 saturated carbocycles. The van der Waals surface area contributed by atoms with Gasteiger partial charge in [0.2, 0.25) is 0 Å². The van der Waals surface area contributed by atoms with Crippen LogP contribution in [-0.2, 0) is 4.84 Å².